The predicted molar refractivity (Wildman–Crippen MR) is 64.2 cm³/mol. The van der Waals surface area contributed by atoms with Crippen LogP contribution in [0.15, 0.2) is 30.6 Å². The first-order valence-electron chi connectivity index (χ1n) is 5.06. The molecule has 18 heavy (non-hydrogen) atoms. The van der Waals surface area contributed by atoms with Gasteiger partial charge in [0.2, 0.25) is 5.88 Å². The van der Waals surface area contributed by atoms with E-state index >= 15 is 0 Å². The minimum Gasteiger partial charge on any atom is -0.497 e. The summed E-state index contributed by atoms with van der Waals surface area (Å²) in [4.78, 5) is 7.67. The van der Waals surface area contributed by atoms with Crippen LogP contribution in [0.5, 0.6) is 17.4 Å². The van der Waals surface area contributed by atoms with Gasteiger partial charge in [-0.3, -0.25) is 0 Å². The molecule has 0 spiro atoms. The van der Waals surface area contributed by atoms with E-state index in [-0.39, 0.29) is 0 Å². The number of benzene rings is 1. The normalized spacial score (nSPS) is 9.56. The summed E-state index contributed by atoms with van der Waals surface area (Å²) in [6.07, 6.45) is 1.30. The average molecular weight is 242 g/mol. The first-order chi connectivity index (χ1) is 8.71. The van der Waals surface area contributed by atoms with Crippen LogP contribution in [0, 0.1) is 11.3 Å². The smallest absolute Gasteiger partial charge is 0.224 e. The van der Waals surface area contributed by atoms with Crippen LogP contribution in [0.2, 0.25) is 0 Å². The predicted octanol–water partition coefficient (Wildman–Crippen LogP) is 1.73. The summed E-state index contributed by atoms with van der Waals surface area (Å²) in [5.41, 5.74) is 5.95. The van der Waals surface area contributed by atoms with E-state index in [9.17, 15) is 0 Å². The van der Waals surface area contributed by atoms with Gasteiger partial charge in [0, 0.05) is 12.1 Å². The van der Waals surface area contributed by atoms with E-state index in [1.165, 1.54) is 19.5 Å². The lowest BCUT2D eigenvalue weighted by molar-refractivity contribution is 0.407. The van der Waals surface area contributed by atoms with Gasteiger partial charge < -0.3 is 15.2 Å². The van der Waals surface area contributed by atoms with Crippen molar-refractivity contribution in [1.82, 2.24) is 9.97 Å². The largest absolute Gasteiger partial charge is 0.497 e. The Kier molecular flexibility index (Phi) is 3.25. The van der Waals surface area contributed by atoms with Crippen LogP contribution in [0.25, 0.3) is 0 Å². The topological polar surface area (TPSA) is 94.0 Å². The number of hydrogen-bond donors (Lipinski definition) is 1. The number of nitrogen functional groups attached to an aromatic ring is 1. The summed E-state index contributed by atoms with van der Waals surface area (Å²) < 4.78 is 10.6. The summed E-state index contributed by atoms with van der Waals surface area (Å²) >= 11 is 0. The molecule has 0 saturated heterocycles. The molecule has 0 unspecified atom stereocenters. The number of nitrogens with zero attached hydrogens (tertiary/aromatic N) is 3. The quantitative estimate of drug-likeness (QED) is 0.880. The van der Waals surface area contributed by atoms with Crippen molar-refractivity contribution < 1.29 is 9.47 Å². The molecule has 0 atom stereocenters. The van der Waals surface area contributed by atoms with Crippen LogP contribution < -0.4 is 15.2 Å². The lowest BCUT2D eigenvalue weighted by atomic mass is 10.2. The van der Waals surface area contributed by atoms with E-state index in [1.807, 2.05) is 6.07 Å². The molecule has 0 aliphatic rings. The number of hydrogen-bond acceptors (Lipinski definition) is 6. The number of aromatic nitrogens is 2. The van der Waals surface area contributed by atoms with Crippen LogP contribution in [0.3, 0.4) is 0 Å². The summed E-state index contributed by atoms with van der Waals surface area (Å²) in [6.45, 7) is 0. The number of ether oxygens (including phenoxy) is 2. The first kappa shape index (κ1) is 11.7. The molecule has 90 valence electrons. The second kappa shape index (κ2) is 5.01. The van der Waals surface area contributed by atoms with Crippen molar-refractivity contribution in [3.63, 3.8) is 0 Å². The highest BCUT2D eigenvalue weighted by atomic mass is 16.5. The van der Waals surface area contributed by atoms with Crippen LogP contribution in [0.1, 0.15) is 5.56 Å². The van der Waals surface area contributed by atoms with Gasteiger partial charge in [-0.2, -0.15) is 5.26 Å². The van der Waals surface area contributed by atoms with E-state index in [1.54, 1.807) is 18.2 Å². The van der Waals surface area contributed by atoms with Crippen LogP contribution >= 0.6 is 0 Å². The monoisotopic (exact) mass is 242 g/mol. The van der Waals surface area contributed by atoms with E-state index < -0.39 is 0 Å². The number of nitrogens with two attached hydrogens (primary N) is 1. The second-order valence-corrected chi connectivity index (χ2v) is 3.39. The van der Waals surface area contributed by atoms with Crippen molar-refractivity contribution in [3.8, 4) is 23.4 Å². The Labute approximate surface area is 104 Å². The van der Waals surface area contributed by atoms with Gasteiger partial charge in [-0.25, -0.2) is 9.97 Å². The third-order valence-corrected chi connectivity index (χ3v) is 2.13. The zero-order chi connectivity index (χ0) is 13.0. The van der Waals surface area contributed by atoms with Crippen molar-refractivity contribution in [2.24, 2.45) is 0 Å². The highest BCUT2D eigenvalue weighted by Gasteiger charge is 2.04. The number of methoxy groups -OCH3 is 1. The highest BCUT2D eigenvalue weighted by molar-refractivity contribution is 5.45. The van der Waals surface area contributed by atoms with Gasteiger partial charge in [0.05, 0.1) is 18.7 Å². The Balaban J connectivity index is 2.31. The van der Waals surface area contributed by atoms with Gasteiger partial charge in [0.15, 0.2) is 0 Å². The van der Waals surface area contributed by atoms with Crippen LogP contribution in [-0.4, -0.2) is 17.1 Å². The summed E-state index contributed by atoms with van der Waals surface area (Å²) in [5.74, 6) is 1.60. The second-order valence-electron chi connectivity index (χ2n) is 3.39. The van der Waals surface area contributed by atoms with Gasteiger partial charge in [-0.15, -0.1) is 0 Å². The Morgan fingerprint density at radius 2 is 1.94 bits per heavy atom. The molecule has 0 saturated carbocycles. The molecule has 0 amide bonds. The molecule has 6 nitrogen and oxygen atoms in total. The maximum absolute atomic E-state index is 8.89. The lowest BCUT2D eigenvalue weighted by Gasteiger charge is -2.07. The first-order valence-corrected chi connectivity index (χ1v) is 5.06. The average Bonchev–Trinajstić information content (AvgIpc) is 2.38. The Hall–Kier alpha value is -2.81. The van der Waals surface area contributed by atoms with Gasteiger partial charge >= 0.3 is 0 Å². The number of nitriles is 1. The highest BCUT2D eigenvalue weighted by Crippen LogP contribution is 2.26. The number of rotatable bonds is 3. The fourth-order valence-corrected chi connectivity index (χ4v) is 1.34. The van der Waals surface area contributed by atoms with Crippen molar-refractivity contribution in [3.05, 3.63) is 36.2 Å². The molecule has 1 aromatic heterocycles. The van der Waals surface area contributed by atoms with Crippen molar-refractivity contribution in [2.45, 2.75) is 0 Å². The van der Waals surface area contributed by atoms with Gasteiger partial charge in [0.1, 0.15) is 23.6 Å². The minimum atomic E-state index is 0.305. The van der Waals surface area contributed by atoms with E-state index in [0.717, 1.165) is 0 Å². The van der Waals surface area contributed by atoms with Crippen molar-refractivity contribution in [2.75, 3.05) is 12.8 Å². The summed E-state index contributed by atoms with van der Waals surface area (Å²) in [5, 5.41) is 8.89. The van der Waals surface area contributed by atoms with Gasteiger partial charge in [-0.1, -0.05) is 0 Å². The number of anilines is 1. The van der Waals surface area contributed by atoms with E-state index in [2.05, 4.69) is 9.97 Å². The van der Waals surface area contributed by atoms with E-state index in [4.69, 9.17) is 20.5 Å². The maximum Gasteiger partial charge on any atom is 0.224 e. The third kappa shape index (κ3) is 2.65. The SMILES string of the molecule is COc1cc(C#N)cc(Oc2cc(N)ncn2)c1. The molecule has 6 heteroatoms. The zero-order valence-electron chi connectivity index (χ0n) is 9.62. The Bertz CT molecular complexity index is 607. The molecule has 0 bridgehead atoms. The fourth-order valence-electron chi connectivity index (χ4n) is 1.34. The van der Waals surface area contributed by atoms with Crippen LogP contribution in [-0.2, 0) is 0 Å². The van der Waals surface area contributed by atoms with Gasteiger partial charge in [-0.05, 0) is 12.1 Å². The molecular weight excluding hydrogens is 232 g/mol. The molecule has 1 heterocycles. The Morgan fingerprint density at radius 3 is 2.61 bits per heavy atom. The molecule has 0 fully saturated rings. The molecule has 2 N–H and O–H groups in total. The third-order valence-electron chi connectivity index (χ3n) is 2.13. The maximum atomic E-state index is 8.89. The van der Waals surface area contributed by atoms with Gasteiger partial charge in [0.25, 0.3) is 0 Å². The molecule has 0 aliphatic carbocycles. The molecule has 2 aromatic rings. The van der Waals surface area contributed by atoms with Crippen molar-refractivity contribution >= 4 is 5.82 Å². The molecule has 1 aromatic carbocycles. The summed E-state index contributed by atoms with van der Waals surface area (Å²) in [6, 6.07) is 8.36. The summed E-state index contributed by atoms with van der Waals surface area (Å²) in [7, 11) is 1.52. The van der Waals surface area contributed by atoms with Crippen LogP contribution in [0.4, 0.5) is 5.82 Å². The lowest BCUT2D eigenvalue weighted by Crippen LogP contribution is -1.94. The molecular formula is C12H10N4O2. The molecule has 2 rings (SSSR count). The fraction of sp³-hybridized carbons (Fsp3) is 0.0833. The Morgan fingerprint density at radius 1 is 1.17 bits per heavy atom. The minimum absolute atomic E-state index is 0.305. The standard InChI is InChI=1S/C12H10N4O2/c1-17-9-2-8(6-13)3-10(4-9)18-12-5-11(14)15-7-16-12/h2-5,7H,1H3,(H2,14,15,16). The molecule has 0 aliphatic heterocycles. The van der Waals surface area contributed by atoms with Crippen molar-refractivity contribution in [1.29, 1.82) is 5.26 Å². The van der Waals surface area contributed by atoms with E-state index in [0.29, 0.717) is 28.8 Å². The zero-order valence-corrected chi connectivity index (χ0v) is 9.62. The molecule has 0 radical (unpaired) electrons.